The van der Waals surface area contributed by atoms with E-state index in [1.807, 2.05) is 24.8 Å². The maximum Gasteiger partial charge on any atom is 0.240 e. The van der Waals surface area contributed by atoms with Crippen LogP contribution in [0.2, 0.25) is 10.0 Å². The van der Waals surface area contributed by atoms with Crippen LogP contribution in [0.3, 0.4) is 0 Å². The number of carbonyl (C=O) groups excluding carboxylic acids is 1. The Labute approximate surface area is 130 Å². The van der Waals surface area contributed by atoms with Crippen LogP contribution in [0, 0.1) is 5.92 Å². The van der Waals surface area contributed by atoms with Crippen LogP contribution < -0.4 is 5.73 Å². The molecule has 1 atom stereocenters. The summed E-state index contributed by atoms with van der Waals surface area (Å²) >= 11 is 12.1. The van der Waals surface area contributed by atoms with Crippen molar-refractivity contribution in [3.05, 3.63) is 33.8 Å². The van der Waals surface area contributed by atoms with Crippen molar-refractivity contribution >= 4 is 29.1 Å². The van der Waals surface area contributed by atoms with Crippen molar-refractivity contribution in [1.82, 2.24) is 4.90 Å². The Kier molecular flexibility index (Phi) is 4.95. The fourth-order valence-corrected chi connectivity index (χ4v) is 2.55. The number of benzene rings is 1. The lowest BCUT2D eigenvalue weighted by Gasteiger charge is -2.27. The summed E-state index contributed by atoms with van der Waals surface area (Å²) in [4.78, 5) is 14.3. The Morgan fingerprint density at radius 1 is 1.40 bits per heavy atom. The van der Waals surface area contributed by atoms with Crippen LogP contribution in [-0.2, 0) is 11.3 Å². The van der Waals surface area contributed by atoms with Gasteiger partial charge in [0.15, 0.2) is 0 Å². The first-order valence-corrected chi connectivity index (χ1v) is 7.65. The van der Waals surface area contributed by atoms with Gasteiger partial charge >= 0.3 is 0 Å². The van der Waals surface area contributed by atoms with E-state index in [0.29, 0.717) is 22.6 Å². The molecule has 2 rings (SSSR count). The summed E-state index contributed by atoms with van der Waals surface area (Å²) < 4.78 is 0. The van der Waals surface area contributed by atoms with Crippen molar-refractivity contribution < 1.29 is 4.79 Å². The van der Waals surface area contributed by atoms with Crippen molar-refractivity contribution in [2.45, 2.75) is 45.3 Å². The lowest BCUT2D eigenvalue weighted by Crippen LogP contribution is -2.47. The number of amides is 1. The summed E-state index contributed by atoms with van der Waals surface area (Å²) in [6.07, 6.45) is 2.09. The molecule has 1 aliphatic carbocycles. The molecule has 5 heteroatoms. The number of hydrogen-bond donors (Lipinski definition) is 1. The minimum atomic E-state index is -0.457. The van der Waals surface area contributed by atoms with Gasteiger partial charge in [-0.15, -0.1) is 0 Å². The minimum absolute atomic E-state index is 0.00789. The molecule has 1 amide bonds. The zero-order valence-corrected chi connectivity index (χ0v) is 13.3. The Morgan fingerprint density at radius 2 is 2.05 bits per heavy atom. The second-order valence-corrected chi connectivity index (χ2v) is 6.55. The summed E-state index contributed by atoms with van der Waals surface area (Å²) in [6.45, 7) is 4.42. The average molecular weight is 315 g/mol. The topological polar surface area (TPSA) is 46.3 Å². The molecule has 0 aliphatic heterocycles. The molecule has 20 heavy (non-hydrogen) atoms. The van der Waals surface area contributed by atoms with Crippen LogP contribution in [0.25, 0.3) is 0 Å². The van der Waals surface area contributed by atoms with Crippen LogP contribution >= 0.6 is 23.2 Å². The maximum atomic E-state index is 12.5. The Hall–Kier alpha value is -0.770. The van der Waals surface area contributed by atoms with E-state index in [4.69, 9.17) is 28.9 Å². The summed E-state index contributed by atoms with van der Waals surface area (Å²) in [7, 11) is 0. The molecule has 1 aliphatic rings. The monoisotopic (exact) mass is 314 g/mol. The summed E-state index contributed by atoms with van der Waals surface area (Å²) in [5.41, 5.74) is 6.91. The van der Waals surface area contributed by atoms with Crippen LogP contribution in [-0.4, -0.2) is 22.9 Å². The van der Waals surface area contributed by atoms with Crippen LogP contribution in [0.5, 0.6) is 0 Å². The molecular weight excluding hydrogens is 295 g/mol. The molecule has 2 N–H and O–H groups in total. The van der Waals surface area contributed by atoms with E-state index in [-0.39, 0.29) is 11.8 Å². The van der Waals surface area contributed by atoms with E-state index in [1.165, 1.54) is 0 Å². The predicted octanol–water partition coefficient (Wildman–Crippen LogP) is 3.47. The molecular formula is C15H20Cl2N2O. The van der Waals surface area contributed by atoms with Crippen LogP contribution in [0.1, 0.15) is 32.3 Å². The summed E-state index contributed by atoms with van der Waals surface area (Å²) in [6, 6.07) is 5.21. The molecule has 110 valence electrons. The van der Waals surface area contributed by atoms with Gasteiger partial charge in [0.05, 0.1) is 6.04 Å². The fraction of sp³-hybridized carbons (Fsp3) is 0.533. The molecule has 3 nitrogen and oxygen atoms in total. The molecule has 0 radical (unpaired) electrons. The number of nitrogens with two attached hydrogens (primary N) is 1. The largest absolute Gasteiger partial charge is 0.334 e. The summed E-state index contributed by atoms with van der Waals surface area (Å²) in [5.74, 6) is 0.137. The second kappa shape index (κ2) is 6.33. The maximum absolute atomic E-state index is 12.5. The molecule has 0 aromatic heterocycles. The first-order chi connectivity index (χ1) is 9.40. The van der Waals surface area contributed by atoms with E-state index in [9.17, 15) is 4.79 Å². The third-order valence-electron chi connectivity index (χ3n) is 3.63. The van der Waals surface area contributed by atoms with Gasteiger partial charge in [-0.1, -0.05) is 43.1 Å². The molecule has 0 spiro atoms. The quantitative estimate of drug-likeness (QED) is 0.904. The van der Waals surface area contributed by atoms with E-state index >= 15 is 0 Å². The highest BCUT2D eigenvalue weighted by molar-refractivity contribution is 6.35. The number of carbonyl (C=O) groups is 1. The Bertz CT molecular complexity index is 501. The van der Waals surface area contributed by atoms with Gasteiger partial charge in [0, 0.05) is 22.6 Å². The highest BCUT2D eigenvalue weighted by Crippen LogP contribution is 2.31. The highest BCUT2D eigenvalue weighted by atomic mass is 35.5. The van der Waals surface area contributed by atoms with E-state index in [1.54, 1.807) is 12.1 Å². The second-order valence-electron chi connectivity index (χ2n) is 5.70. The normalized spacial score (nSPS) is 16.3. The predicted molar refractivity (Wildman–Crippen MR) is 82.8 cm³/mol. The number of nitrogens with zero attached hydrogens (tertiary/aromatic N) is 1. The zero-order valence-electron chi connectivity index (χ0n) is 11.8. The lowest BCUT2D eigenvalue weighted by atomic mass is 10.0. The Morgan fingerprint density at radius 3 is 2.55 bits per heavy atom. The molecule has 0 saturated heterocycles. The highest BCUT2D eigenvalue weighted by Gasteiger charge is 2.35. The van der Waals surface area contributed by atoms with Gasteiger partial charge in [-0.2, -0.15) is 0 Å². The third kappa shape index (κ3) is 3.66. The van der Waals surface area contributed by atoms with Crippen molar-refractivity contribution in [3.8, 4) is 0 Å². The van der Waals surface area contributed by atoms with E-state index < -0.39 is 6.04 Å². The molecule has 0 unspecified atom stereocenters. The minimum Gasteiger partial charge on any atom is -0.334 e. The standard InChI is InChI=1S/C15H20Cl2N2O/c1-9(2)14(18)15(20)19(12-5-6-12)8-10-3-4-11(16)7-13(10)17/h3-4,7,9,12,14H,5-6,8,18H2,1-2H3/t14-/m0/s1. The van der Waals surface area contributed by atoms with Crippen LogP contribution in [0.15, 0.2) is 18.2 Å². The molecule has 1 aromatic carbocycles. The number of halogens is 2. The van der Waals surface area contributed by atoms with Gasteiger partial charge in [0.2, 0.25) is 5.91 Å². The van der Waals surface area contributed by atoms with Crippen molar-refractivity contribution in [2.24, 2.45) is 11.7 Å². The first kappa shape index (κ1) is 15.6. The smallest absolute Gasteiger partial charge is 0.240 e. The fourth-order valence-electron chi connectivity index (χ4n) is 2.08. The molecule has 1 aromatic rings. The molecule has 1 fully saturated rings. The molecule has 1 saturated carbocycles. The average Bonchev–Trinajstić information content (AvgIpc) is 3.20. The molecule has 0 bridgehead atoms. The molecule has 0 heterocycles. The number of rotatable bonds is 5. The van der Waals surface area contributed by atoms with Crippen molar-refractivity contribution in [3.63, 3.8) is 0 Å². The zero-order chi connectivity index (χ0) is 14.9. The van der Waals surface area contributed by atoms with Gasteiger partial charge < -0.3 is 10.6 Å². The van der Waals surface area contributed by atoms with Gasteiger partial charge in [0.1, 0.15) is 0 Å². The van der Waals surface area contributed by atoms with Crippen molar-refractivity contribution in [1.29, 1.82) is 0 Å². The third-order valence-corrected chi connectivity index (χ3v) is 4.22. The Balaban J connectivity index is 2.15. The van der Waals surface area contributed by atoms with E-state index in [0.717, 1.165) is 18.4 Å². The van der Waals surface area contributed by atoms with Gasteiger partial charge in [0.25, 0.3) is 0 Å². The van der Waals surface area contributed by atoms with Gasteiger partial charge in [-0.3, -0.25) is 4.79 Å². The summed E-state index contributed by atoms with van der Waals surface area (Å²) in [5, 5.41) is 1.19. The lowest BCUT2D eigenvalue weighted by molar-refractivity contribution is -0.134. The van der Waals surface area contributed by atoms with Crippen molar-refractivity contribution in [2.75, 3.05) is 0 Å². The van der Waals surface area contributed by atoms with Gasteiger partial charge in [-0.05, 0) is 36.5 Å². The number of hydrogen-bond acceptors (Lipinski definition) is 2. The SMILES string of the molecule is CC(C)[C@H](N)C(=O)N(Cc1ccc(Cl)cc1Cl)C1CC1. The van der Waals surface area contributed by atoms with Crippen LogP contribution in [0.4, 0.5) is 0 Å². The first-order valence-electron chi connectivity index (χ1n) is 6.90. The van der Waals surface area contributed by atoms with E-state index in [2.05, 4.69) is 0 Å². The van der Waals surface area contributed by atoms with Gasteiger partial charge in [-0.25, -0.2) is 0 Å².